The molecule has 2 rings (SSSR count). The van der Waals surface area contributed by atoms with Gasteiger partial charge in [0.15, 0.2) is 5.82 Å². The molecule has 1 N–H and O–H groups in total. The van der Waals surface area contributed by atoms with Gasteiger partial charge in [-0.3, -0.25) is 0 Å². The van der Waals surface area contributed by atoms with E-state index in [1.54, 1.807) is 6.20 Å². The van der Waals surface area contributed by atoms with Crippen molar-refractivity contribution in [2.24, 2.45) is 0 Å². The van der Waals surface area contributed by atoms with Crippen LogP contribution in [0.5, 0.6) is 0 Å². The van der Waals surface area contributed by atoms with E-state index < -0.39 is 0 Å². The van der Waals surface area contributed by atoms with Gasteiger partial charge in [-0.25, -0.2) is 4.98 Å². The summed E-state index contributed by atoms with van der Waals surface area (Å²) >= 11 is 0. The minimum Gasteiger partial charge on any atom is -0.381 e. The molecule has 0 aliphatic carbocycles. The Morgan fingerprint density at radius 3 is 2.88 bits per heavy atom. The molecule has 1 atom stereocenters. The average molecular weight is 222 g/mol. The summed E-state index contributed by atoms with van der Waals surface area (Å²) in [6.45, 7) is 3.68. The number of aromatic nitrogens is 3. The number of hydrogen-bond acceptors (Lipinski definition) is 5. The Morgan fingerprint density at radius 2 is 2.19 bits per heavy atom. The molecule has 1 aliphatic rings. The molecule has 1 aliphatic heterocycles. The molecule has 1 unspecified atom stereocenters. The normalized spacial score (nSPS) is 19.6. The first-order valence-corrected chi connectivity index (χ1v) is 5.75. The summed E-state index contributed by atoms with van der Waals surface area (Å²) in [5.74, 6) is 1.25. The minimum atomic E-state index is 0.146. The lowest BCUT2D eigenvalue weighted by molar-refractivity contribution is 0.0843. The van der Waals surface area contributed by atoms with Crippen LogP contribution in [0, 0.1) is 0 Å². The molecule has 1 saturated heterocycles. The van der Waals surface area contributed by atoms with Gasteiger partial charge in [0.05, 0.1) is 17.9 Å². The van der Waals surface area contributed by atoms with Crippen molar-refractivity contribution in [1.82, 2.24) is 20.5 Å². The van der Waals surface area contributed by atoms with Crippen molar-refractivity contribution in [3.63, 3.8) is 0 Å². The van der Waals surface area contributed by atoms with E-state index in [0.717, 1.165) is 37.6 Å². The summed E-state index contributed by atoms with van der Waals surface area (Å²) < 4.78 is 5.34. The van der Waals surface area contributed by atoms with E-state index >= 15 is 0 Å². The molecule has 0 radical (unpaired) electrons. The molecule has 88 valence electrons. The Bertz CT molecular complexity index is 339. The third-order valence-corrected chi connectivity index (χ3v) is 3.05. The standard InChI is InChI=1S/C11H18N4O/c1-8(12-2)11-14-10(7-13-15-11)9-3-5-16-6-4-9/h7-9,12H,3-6H2,1-2H3. The number of rotatable bonds is 3. The molecule has 16 heavy (non-hydrogen) atoms. The van der Waals surface area contributed by atoms with Crippen molar-refractivity contribution in [3.8, 4) is 0 Å². The van der Waals surface area contributed by atoms with E-state index in [1.165, 1.54) is 0 Å². The Labute approximate surface area is 95.6 Å². The molecule has 0 bridgehead atoms. The van der Waals surface area contributed by atoms with E-state index in [1.807, 2.05) is 14.0 Å². The van der Waals surface area contributed by atoms with Crippen LogP contribution < -0.4 is 5.32 Å². The van der Waals surface area contributed by atoms with Crippen LogP contribution in [-0.2, 0) is 4.74 Å². The van der Waals surface area contributed by atoms with Gasteiger partial charge in [0.2, 0.25) is 0 Å². The van der Waals surface area contributed by atoms with Crippen molar-refractivity contribution < 1.29 is 4.74 Å². The molecule has 0 spiro atoms. The third-order valence-electron chi connectivity index (χ3n) is 3.05. The van der Waals surface area contributed by atoms with E-state index in [9.17, 15) is 0 Å². The topological polar surface area (TPSA) is 59.9 Å². The first-order valence-electron chi connectivity index (χ1n) is 5.75. The second kappa shape index (κ2) is 5.32. The van der Waals surface area contributed by atoms with Crippen LogP contribution >= 0.6 is 0 Å². The Morgan fingerprint density at radius 1 is 1.44 bits per heavy atom. The monoisotopic (exact) mass is 222 g/mol. The van der Waals surface area contributed by atoms with E-state index in [-0.39, 0.29) is 6.04 Å². The van der Waals surface area contributed by atoms with Crippen molar-refractivity contribution in [3.05, 3.63) is 17.7 Å². The highest BCUT2D eigenvalue weighted by molar-refractivity contribution is 5.06. The molecule has 5 heteroatoms. The van der Waals surface area contributed by atoms with Gasteiger partial charge in [0, 0.05) is 19.1 Å². The fourth-order valence-corrected chi connectivity index (χ4v) is 1.83. The SMILES string of the molecule is CNC(C)c1nncc(C2CCOCC2)n1. The zero-order valence-corrected chi connectivity index (χ0v) is 9.81. The Balaban J connectivity index is 2.14. The third kappa shape index (κ3) is 2.54. The predicted octanol–water partition coefficient (Wildman–Crippen LogP) is 1.05. The van der Waals surface area contributed by atoms with Crippen LogP contribution in [0.25, 0.3) is 0 Å². The van der Waals surface area contributed by atoms with Crippen LogP contribution in [0.4, 0.5) is 0 Å². The molecular formula is C11H18N4O. The smallest absolute Gasteiger partial charge is 0.167 e. The lowest BCUT2D eigenvalue weighted by Crippen LogP contribution is -2.20. The Hall–Kier alpha value is -1.07. The molecule has 2 heterocycles. The van der Waals surface area contributed by atoms with Crippen LogP contribution in [0.3, 0.4) is 0 Å². The van der Waals surface area contributed by atoms with Crippen molar-refractivity contribution in [2.45, 2.75) is 31.7 Å². The maximum Gasteiger partial charge on any atom is 0.167 e. The molecule has 0 aromatic carbocycles. The molecule has 5 nitrogen and oxygen atoms in total. The van der Waals surface area contributed by atoms with Gasteiger partial charge in [0.25, 0.3) is 0 Å². The highest BCUT2D eigenvalue weighted by Gasteiger charge is 2.19. The van der Waals surface area contributed by atoms with Crippen molar-refractivity contribution >= 4 is 0 Å². The predicted molar refractivity (Wildman–Crippen MR) is 60.1 cm³/mol. The van der Waals surface area contributed by atoms with Gasteiger partial charge in [0.1, 0.15) is 0 Å². The first kappa shape index (κ1) is 11.4. The maximum atomic E-state index is 5.34. The molecular weight excluding hydrogens is 204 g/mol. The summed E-state index contributed by atoms with van der Waals surface area (Å²) in [5, 5.41) is 11.2. The minimum absolute atomic E-state index is 0.146. The lowest BCUT2D eigenvalue weighted by atomic mass is 9.97. The fraction of sp³-hybridized carbons (Fsp3) is 0.727. The highest BCUT2D eigenvalue weighted by atomic mass is 16.5. The lowest BCUT2D eigenvalue weighted by Gasteiger charge is -2.21. The summed E-state index contributed by atoms with van der Waals surface area (Å²) in [6, 6.07) is 0.146. The van der Waals surface area contributed by atoms with Crippen LogP contribution in [0.2, 0.25) is 0 Å². The zero-order chi connectivity index (χ0) is 11.4. The molecule has 0 saturated carbocycles. The van der Waals surface area contributed by atoms with Crippen molar-refractivity contribution in [2.75, 3.05) is 20.3 Å². The first-order chi connectivity index (χ1) is 7.81. The molecule has 1 aromatic rings. The van der Waals surface area contributed by atoms with E-state index in [2.05, 4.69) is 20.5 Å². The van der Waals surface area contributed by atoms with Gasteiger partial charge in [-0.2, -0.15) is 5.10 Å². The van der Waals surface area contributed by atoms with E-state index in [0.29, 0.717) is 5.92 Å². The van der Waals surface area contributed by atoms with Crippen LogP contribution in [0.15, 0.2) is 6.20 Å². The number of ether oxygens (including phenoxy) is 1. The quantitative estimate of drug-likeness (QED) is 0.828. The highest BCUT2D eigenvalue weighted by Crippen LogP contribution is 2.24. The average Bonchev–Trinajstić information content (AvgIpc) is 2.39. The van der Waals surface area contributed by atoms with Gasteiger partial charge < -0.3 is 10.1 Å². The number of nitrogens with one attached hydrogen (secondary N) is 1. The van der Waals surface area contributed by atoms with Gasteiger partial charge in [-0.15, -0.1) is 5.10 Å². The zero-order valence-electron chi connectivity index (χ0n) is 9.81. The molecule has 1 aromatic heterocycles. The van der Waals surface area contributed by atoms with Crippen LogP contribution in [0.1, 0.15) is 43.2 Å². The maximum absolute atomic E-state index is 5.34. The summed E-state index contributed by atoms with van der Waals surface area (Å²) in [6.07, 6.45) is 3.85. The summed E-state index contributed by atoms with van der Waals surface area (Å²) in [4.78, 5) is 4.58. The van der Waals surface area contributed by atoms with Crippen LogP contribution in [-0.4, -0.2) is 35.4 Å². The second-order valence-corrected chi connectivity index (χ2v) is 4.14. The summed E-state index contributed by atoms with van der Waals surface area (Å²) in [5.41, 5.74) is 1.05. The second-order valence-electron chi connectivity index (χ2n) is 4.14. The van der Waals surface area contributed by atoms with E-state index in [4.69, 9.17) is 4.74 Å². The fourth-order valence-electron chi connectivity index (χ4n) is 1.83. The van der Waals surface area contributed by atoms with Gasteiger partial charge >= 0.3 is 0 Å². The largest absolute Gasteiger partial charge is 0.381 e. The van der Waals surface area contributed by atoms with Gasteiger partial charge in [-0.05, 0) is 26.8 Å². The molecule has 1 fully saturated rings. The molecule has 0 amide bonds. The summed E-state index contributed by atoms with van der Waals surface area (Å²) in [7, 11) is 1.90. The van der Waals surface area contributed by atoms with Crippen molar-refractivity contribution in [1.29, 1.82) is 0 Å². The Kier molecular flexibility index (Phi) is 3.79. The number of nitrogens with zero attached hydrogens (tertiary/aromatic N) is 3. The van der Waals surface area contributed by atoms with Gasteiger partial charge in [-0.1, -0.05) is 0 Å². The number of hydrogen-bond donors (Lipinski definition) is 1.